The summed E-state index contributed by atoms with van der Waals surface area (Å²) in [7, 11) is 0. The van der Waals surface area contributed by atoms with Crippen LogP contribution in [0.4, 0.5) is 4.79 Å². The van der Waals surface area contributed by atoms with Gasteiger partial charge < -0.3 is 20.0 Å². The molecule has 3 heterocycles. The number of nitrogens with zero attached hydrogens (tertiary/aromatic N) is 4. The van der Waals surface area contributed by atoms with Gasteiger partial charge in [-0.15, -0.1) is 6.58 Å². The quantitative estimate of drug-likeness (QED) is 0.665. The first-order valence-corrected chi connectivity index (χ1v) is 11.5. The molecule has 0 unspecified atom stereocenters. The molecule has 5 amide bonds. The van der Waals surface area contributed by atoms with Crippen molar-refractivity contribution in [2.75, 3.05) is 45.8 Å². The molecule has 0 aromatic heterocycles. The molecule has 1 fully saturated rings. The molecule has 1 aromatic rings. The third kappa shape index (κ3) is 4.30. The maximum absolute atomic E-state index is 13.6. The summed E-state index contributed by atoms with van der Waals surface area (Å²) in [6, 6.07) is 5.07. The number of carbonyl (C=O) groups is 4. The Labute approximate surface area is 199 Å². The minimum absolute atomic E-state index is 0.00406. The van der Waals surface area contributed by atoms with E-state index in [1.807, 2.05) is 32.0 Å². The molecule has 0 saturated carbocycles. The second kappa shape index (κ2) is 9.32. The maximum Gasteiger partial charge on any atom is 0.322 e. The highest BCUT2D eigenvalue weighted by molar-refractivity contribution is 6.03. The van der Waals surface area contributed by atoms with Crippen molar-refractivity contribution in [3.63, 3.8) is 0 Å². The van der Waals surface area contributed by atoms with Crippen LogP contribution in [0.5, 0.6) is 0 Å². The second-order valence-corrected chi connectivity index (χ2v) is 9.05. The van der Waals surface area contributed by atoms with E-state index in [4.69, 9.17) is 0 Å². The monoisotopic (exact) mass is 465 g/mol. The van der Waals surface area contributed by atoms with E-state index in [1.54, 1.807) is 15.9 Å². The second-order valence-electron chi connectivity index (χ2n) is 9.05. The lowest BCUT2D eigenvalue weighted by Gasteiger charge is -2.35. The highest BCUT2D eigenvalue weighted by Gasteiger charge is 2.44. The molecule has 1 N–H and O–H groups in total. The number of hydrogen-bond acceptors (Lipinski definition) is 4. The van der Waals surface area contributed by atoms with Crippen LogP contribution in [-0.2, 0) is 14.4 Å². The van der Waals surface area contributed by atoms with Gasteiger partial charge in [0.1, 0.15) is 6.54 Å². The topological polar surface area (TPSA) is 93.3 Å². The standard InChI is InChI=1S/C25H31N5O4/c1-5-8-30-20-14-29(15-21(32)28-11-9-27(10-12-28)18(4)31)24(33)22(20)23(26-25(30)34)19-7-6-16(2)13-17(19)3/h5-7,13,23H,1,8-12,14-15H2,2-4H3,(H,26,34)/t23-/m0/s1. The van der Waals surface area contributed by atoms with Crippen LogP contribution in [0.2, 0.25) is 0 Å². The van der Waals surface area contributed by atoms with Crippen LogP contribution in [-0.4, -0.2) is 89.2 Å². The van der Waals surface area contributed by atoms with Crippen LogP contribution in [0.1, 0.15) is 29.7 Å². The van der Waals surface area contributed by atoms with E-state index < -0.39 is 6.04 Å². The van der Waals surface area contributed by atoms with Gasteiger partial charge in [0.05, 0.1) is 23.9 Å². The van der Waals surface area contributed by atoms with Gasteiger partial charge in [0.2, 0.25) is 11.8 Å². The molecule has 1 aromatic carbocycles. The average Bonchev–Trinajstić information content (AvgIpc) is 3.11. The van der Waals surface area contributed by atoms with E-state index in [9.17, 15) is 19.2 Å². The molecular weight excluding hydrogens is 434 g/mol. The molecule has 180 valence electrons. The number of hydrogen-bond donors (Lipinski definition) is 1. The van der Waals surface area contributed by atoms with E-state index >= 15 is 0 Å². The van der Waals surface area contributed by atoms with Crippen molar-refractivity contribution < 1.29 is 19.2 Å². The zero-order valence-electron chi connectivity index (χ0n) is 20.0. The molecule has 34 heavy (non-hydrogen) atoms. The fourth-order valence-corrected chi connectivity index (χ4v) is 4.92. The molecule has 4 rings (SSSR count). The molecule has 1 saturated heterocycles. The Balaban J connectivity index is 1.57. The summed E-state index contributed by atoms with van der Waals surface area (Å²) in [5, 5.41) is 2.98. The molecular formula is C25H31N5O4. The molecule has 0 spiro atoms. The molecule has 3 aliphatic rings. The maximum atomic E-state index is 13.6. The minimum Gasteiger partial charge on any atom is -0.339 e. The first-order chi connectivity index (χ1) is 16.2. The van der Waals surface area contributed by atoms with Crippen molar-refractivity contribution in [2.24, 2.45) is 0 Å². The molecule has 9 nitrogen and oxygen atoms in total. The Bertz CT molecular complexity index is 1090. The number of aryl methyl sites for hydroxylation is 2. The minimum atomic E-state index is -0.573. The predicted octanol–water partition coefficient (Wildman–Crippen LogP) is 1.34. The Morgan fingerprint density at radius 1 is 1.12 bits per heavy atom. The zero-order chi connectivity index (χ0) is 24.6. The molecule has 9 heteroatoms. The van der Waals surface area contributed by atoms with Gasteiger partial charge in [0.25, 0.3) is 5.91 Å². The number of rotatable bonds is 5. The van der Waals surface area contributed by atoms with Crippen molar-refractivity contribution in [3.05, 3.63) is 58.8 Å². The van der Waals surface area contributed by atoms with E-state index in [2.05, 4.69) is 11.9 Å². The SMILES string of the molecule is C=CCN1C(=O)N[C@@H](c2ccc(C)cc2C)C2=C1CN(CC(=O)N1CCN(C(C)=O)CC1)C2=O. The first-order valence-electron chi connectivity index (χ1n) is 11.5. The van der Waals surface area contributed by atoms with Gasteiger partial charge >= 0.3 is 6.03 Å². The molecule has 3 aliphatic heterocycles. The summed E-state index contributed by atoms with van der Waals surface area (Å²) in [5.41, 5.74) is 4.07. The smallest absolute Gasteiger partial charge is 0.322 e. The largest absolute Gasteiger partial charge is 0.339 e. The van der Waals surface area contributed by atoms with Crippen LogP contribution in [0, 0.1) is 13.8 Å². The van der Waals surface area contributed by atoms with Gasteiger partial charge in [-0.2, -0.15) is 0 Å². The number of carbonyl (C=O) groups excluding carboxylic acids is 4. The number of benzene rings is 1. The van der Waals surface area contributed by atoms with Crippen molar-refractivity contribution in [2.45, 2.75) is 26.8 Å². The lowest BCUT2D eigenvalue weighted by Crippen LogP contribution is -2.52. The van der Waals surface area contributed by atoms with Crippen LogP contribution in [0.3, 0.4) is 0 Å². The highest BCUT2D eigenvalue weighted by atomic mass is 16.2. The number of amides is 5. The fraction of sp³-hybridized carbons (Fsp3) is 0.440. The normalized spacial score (nSPS) is 20.5. The Morgan fingerprint density at radius 2 is 1.79 bits per heavy atom. The van der Waals surface area contributed by atoms with Gasteiger partial charge in [-0.25, -0.2) is 4.79 Å². The average molecular weight is 466 g/mol. The summed E-state index contributed by atoms with van der Waals surface area (Å²) in [6.07, 6.45) is 1.62. The lowest BCUT2D eigenvalue weighted by atomic mass is 9.91. The van der Waals surface area contributed by atoms with E-state index in [0.29, 0.717) is 37.4 Å². The van der Waals surface area contributed by atoms with Crippen molar-refractivity contribution >= 4 is 23.8 Å². The van der Waals surface area contributed by atoms with Gasteiger partial charge in [0, 0.05) is 39.6 Å². The number of piperazine rings is 1. The van der Waals surface area contributed by atoms with Gasteiger partial charge in [-0.05, 0) is 25.0 Å². The fourth-order valence-electron chi connectivity index (χ4n) is 4.92. The van der Waals surface area contributed by atoms with Crippen LogP contribution in [0.15, 0.2) is 42.1 Å². The van der Waals surface area contributed by atoms with E-state index in [1.165, 1.54) is 16.7 Å². The van der Waals surface area contributed by atoms with Crippen LogP contribution < -0.4 is 5.32 Å². The number of urea groups is 1. The predicted molar refractivity (Wildman–Crippen MR) is 127 cm³/mol. The van der Waals surface area contributed by atoms with Gasteiger partial charge in [0.15, 0.2) is 0 Å². The summed E-state index contributed by atoms with van der Waals surface area (Å²) in [6.45, 7) is 11.5. The molecule has 0 bridgehead atoms. The van der Waals surface area contributed by atoms with E-state index in [0.717, 1.165) is 16.7 Å². The summed E-state index contributed by atoms with van der Waals surface area (Å²) >= 11 is 0. The van der Waals surface area contributed by atoms with Crippen LogP contribution >= 0.6 is 0 Å². The Morgan fingerprint density at radius 3 is 2.41 bits per heavy atom. The Kier molecular flexibility index (Phi) is 6.45. The summed E-state index contributed by atoms with van der Waals surface area (Å²) in [5.74, 6) is -0.408. The van der Waals surface area contributed by atoms with Gasteiger partial charge in [-0.1, -0.05) is 29.8 Å². The molecule has 0 aliphatic carbocycles. The third-order valence-corrected chi connectivity index (χ3v) is 6.75. The molecule has 0 radical (unpaired) electrons. The van der Waals surface area contributed by atoms with Crippen LogP contribution in [0.25, 0.3) is 0 Å². The zero-order valence-corrected chi connectivity index (χ0v) is 20.0. The highest BCUT2D eigenvalue weighted by Crippen LogP contribution is 2.37. The van der Waals surface area contributed by atoms with E-state index in [-0.39, 0.29) is 43.4 Å². The number of nitrogens with one attached hydrogen (secondary N) is 1. The first kappa shape index (κ1) is 23.5. The summed E-state index contributed by atoms with van der Waals surface area (Å²) < 4.78 is 0. The van der Waals surface area contributed by atoms with Crippen molar-refractivity contribution in [3.8, 4) is 0 Å². The van der Waals surface area contributed by atoms with Gasteiger partial charge in [-0.3, -0.25) is 19.3 Å². The Hall–Kier alpha value is -3.62. The molecule has 1 atom stereocenters. The summed E-state index contributed by atoms with van der Waals surface area (Å²) in [4.78, 5) is 57.5. The lowest BCUT2D eigenvalue weighted by molar-refractivity contribution is -0.141. The van der Waals surface area contributed by atoms with Crippen molar-refractivity contribution in [1.82, 2.24) is 24.9 Å². The van der Waals surface area contributed by atoms with Crippen molar-refractivity contribution in [1.29, 1.82) is 0 Å². The third-order valence-electron chi connectivity index (χ3n) is 6.75.